The summed E-state index contributed by atoms with van der Waals surface area (Å²) in [5.74, 6) is 0.743. The van der Waals surface area contributed by atoms with Gasteiger partial charge in [0.25, 0.3) is 0 Å². The summed E-state index contributed by atoms with van der Waals surface area (Å²) in [6, 6.07) is 1.82. The maximum absolute atomic E-state index is 11.4. The fraction of sp³-hybridized carbons (Fsp3) is 0.545. The van der Waals surface area contributed by atoms with Crippen molar-refractivity contribution in [2.75, 3.05) is 6.54 Å². The number of hydrogen-bond donors (Lipinski definition) is 0. The lowest BCUT2D eigenvalue weighted by molar-refractivity contribution is -0.129. The molecule has 0 radical (unpaired) electrons. The Hall–Kier alpha value is -1.16. The quantitative estimate of drug-likeness (QED) is 0.706. The molecule has 2 heterocycles. The molecule has 0 bridgehead atoms. The Morgan fingerprint density at radius 1 is 1.56 bits per heavy atom. The van der Waals surface area contributed by atoms with Crippen molar-refractivity contribution < 1.29 is 4.79 Å². The Balaban J connectivity index is 2.32. The number of rotatable bonds is 1. The van der Waals surface area contributed by atoms with Gasteiger partial charge in [-0.15, -0.1) is 0 Å². The van der Waals surface area contributed by atoms with Crippen LogP contribution in [0.15, 0.2) is 6.07 Å². The summed E-state index contributed by atoms with van der Waals surface area (Å²) in [5, 5.41) is 0.443. The third kappa shape index (κ3) is 2.16. The Morgan fingerprint density at radius 2 is 2.31 bits per heavy atom. The predicted octanol–water partition coefficient (Wildman–Crippen LogP) is 2.12. The van der Waals surface area contributed by atoms with E-state index in [1.165, 1.54) is 0 Å². The first-order chi connectivity index (χ1) is 7.58. The summed E-state index contributed by atoms with van der Waals surface area (Å²) in [6.45, 7) is 4.21. The van der Waals surface area contributed by atoms with Gasteiger partial charge in [0.05, 0.1) is 11.7 Å². The Bertz CT molecular complexity index is 401. The summed E-state index contributed by atoms with van der Waals surface area (Å²) in [4.78, 5) is 21.7. The van der Waals surface area contributed by atoms with Gasteiger partial charge in [0.2, 0.25) is 5.91 Å². The van der Waals surface area contributed by atoms with Crippen LogP contribution in [-0.2, 0) is 4.79 Å². The van der Waals surface area contributed by atoms with E-state index < -0.39 is 0 Å². The number of aromatic nitrogens is 2. The first kappa shape index (κ1) is 11.3. The average Bonchev–Trinajstić information content (AvgIpc) is 2.63. The average molecular weight is 240 g/mol. The molecule has 4 nitrogen and oxygen atoms in total. The van der Waals surface area contributed by atoms with Crippen molar-refractivity contribution in [3.05, 3.63) is 22.7 Å². The molecule has 1 saturated heterocycles. The van der Waals surface area contributed by atoms with Crippen molar-refractivity contribution >= 4 is 17.5 Å². The van der Waals surface area contributed by atoms with Gasteiger partial charge >= 0.3 is 0 Å². The van der Waals surface area contributed by atoms with Crippen LogP contribution in [0.4, 0.5) is 0 Å². The molecule has 2 rings (SSSR count). The Labute approximate surface area is 99.6 Å². The lowest BCUT2D eigenvalue weighted by Gasteiger charge is -2.22. The van der Waals surface area contributed by atoms with E-state index in [4.69, 9.17) is 11.6 Å². The highest BCUT2D eigenvalue weighted by Gasteiger charge is 2.29. The summed E-state index contributed by atoms with van der Waals surface area (Å²) in [5.41, 5.74) is 0.852. The summed E-state index contributed by atoms with van der Waals surface area (Å²) < 4.78 is 0. The van der Waals surface area contributed by atoms with Crippen molar-refractivity contribution in [1.29, 1.82) is 0 Å². The molecule has 5 heteroatoms. The largest absolute Gasteiger partial charge is 0.334 e. The molecular formula is C11H14ClN3O. The van der Waals surface area contributed by atoms with Crippen molar-refractivity contribution in [2.24, 2.45) is 0 Å². The minimum atomic E-state index is 0.0664. The van der Waals surface area contributed by atoms with Crippen LogP contribution in [0, 0.1) is 6.92 Å². The molecule has 86 valence electrons. The number of amides is 1. The molecular weight excluding hydrogens is 226 g/mol. The van der Waals surface area contributed by atoms with E-state index in [9.17, 15) is 4.79 Å². The summed E-state index contributed by atoms with van der Waals surface area (Å²) in [6.07, 6.45) is 1.97. The fourth-order valence-electron chi connectivity index (χ4n) is 2.17. The molecule has 1 amide bonds. The summed E-state index contributed by atoms with van der Waals surface area (Å²) >= 11 is 5.90. The molecule has 1 aromatic rings. The molecule has 1 atom stereocenters. The van der Waals surface area contributed by atoms with Gasteiger partial charge in [-0.1, -0.05) is 11.6 Å². The van der Waals surface area contributed by atoms with E-state index >= 15 is 0 Å². The maximum atomic E-state index is 11.4. The number of likely N-dealkylation sites (tertiary alicyclic amines) is 1. The second-order valence-corrected chi connectivity index (χ2v) is 4.42. The van der Waals surface area contributed by atoms with E-state index in [1.807, 2.05) is 11.8 Å². The molecule has 16 heavy (non-hydrogen) atoms. The monoisotopic (exact) mass is 239 g/mol. The van der Waals surface area contributed by atoms with Gasteiger partial charge in [0.1, 0.15) is 11.0 Å². The maximum Gasteiger partial charge on any atom is 0.220 e. The molecule has 0 spiro atoms. The molecule has 0 aliphatic carbocycles. The smallest absolute Gasteiger partial charge is 0.220 e. The number of aryl methyl sites for hydroxylation is 1. The van der Waals surface area contributed by atoms with E-state index in [0.29, 0.717) is 11.0 Å². The van der Waals surface area contributed by atoms with E-state index in [-0.39, 0.29) is 11.9 Å². The van der Waals surface area contributed by atoms with Crippen LogP contribution in [0.2, 0.25) is 5.15 Å². The molecule has 1 aliphatic rings. The van der Waals surface area contributed by atoms with Gasteiger partial charge in [-0.25, -0.2) is 9.97 Å². The Kier molecular flexibility index (Phi) is 3.10. The zero-order chi connectivity index (χ0) is 11.7. The standard InChI is InChI=1S/C11H14ClN3O/c1-7-13-9(6-11(12)14-7)10-4-3-5-15(10)8(2)16/h6,10H,3-5H2,1-2H3/t10-/m0/s1. The molecule has 0 aromatic carbocycles. The number of carbonyl (C=O) groups excluding carboxylic acids is 1. The van der Waals surface area contributed by atoms with Crippen molar-refractivity contribution in [1.82, 2.24) is 14.9 Å². The van der Waals surface area contributed by atoms with Crippen molar-refractivity contribution in [3.8, 4) is 0 Å². The van der Waals surface area contributed by atoms with Crippen LogP contribution in [0.1, 0.15) is 37.3 Å². The van der Waals surface area contributed by atoms with Gasteiger partial charge < -0.3 is 4.90 Å². The van der Waals surface area contributed by atoms with Gasteiger partial charge in [-0.05, 0) is 25.8 Å². The van der Waals surface area contributed by atoms with Gasteiger partial charge in [-0.3, -0.25) is 4.79 Å². The summed E-state index contributed by atoms with van der Waals surface area (Å²) in [7, 11) is 0. The lowest BCUT2D eigenvalue weighted by Crippen LogP contribution is -2.28. The molecule has 0 unspecified atom stereocenters. The van der Waals surface area contributed by atoms with Crippen LogP contribution >= 0.6 is 11.6 Å². The fourth-order valence-corrected chi connectivity index (χ4v) is 2.41. The number of nitrogens with zero attached hydrogens (tertiary/aromatic N) is 3. The highest BCUT2D eigenvalue weighted by atomic mass is 35.5. The third-order valence-corrected chi connectivity index (χ3v) is 3.02. The predicted molar refractivity (Wildman–Crippen MR) is 61.1 cm³/mol. The lowest BCUT2D eigenvalue weighted by atomic mass is 10.1. The van der Waals surface area contributed by atoms with E-state index in [1.54, 1.807) is 13.0 Å². The normalized spacial score (nSPS) is 20.2. The molecule has 1 fully saturated rings. The molecule has 0 N–H and O–H groups in total. The highest BCUT2D eigenvalue weighted by Crippen LogP contribution is 2.31. The minimum Gasteiger partial charge on any atom is -0.334 e. The van der Waals surface area contributed by atoms with Crippen molar-refractivity contribution in [2.45, 2.75) is 32.7 Å². The van der Waals surface area contributed by atoms with Crippen LogP contribution in [-0.4, -0.2) is 27.3 Å². The van der Waals surface area contributed by atoms with Crippen molar-refractivity contribution in [3.63, 3.8) is 0 Å². The number of halogens is 1. The van der Waals surface area contributed by atoms with Crippen LogP contribution in [0.25, 0.3) is 0 Å². The Morgan fingerprint density at radius 3 is 2.94 bits per heavy atom. The topological polar surface area (TPSA) is 46.1 Å². The second kappa shape index (κ2) is 4.37. The van der Waals surface area contributed by atoms with E-state index in [2.05, 4.69) is 9.97 Å². The van der Waals surface area contributed by atoms with Crippen LogP contribution < -0.4 is 0 Å². The first-order valence-corrected chi connectivity index (χ1v) is 5.74. The highest BCUT2D eigenvalue weighted by molar-refractivity contribution is 6.29. The zero-order valence-corrected chi connectivity index (χ0v) is 10.2. The second-order valence-electron chi connectivity index (χ2n) is 4.03. The SMILES string of the molecule is CC(=O)N1CCC[C@H]1c1cc(Cl)nc(C)n1. The van der Waals surface area contributed by atoms with Crippen LogP contribution in [0.5, 0.6) is 0 Å². The first-order valence-electron chi connectivity index (χ1n) is 5.36. The van der Waals surface area contributed by atoms with E-state index in [0.717, 1.165) is 25.1 Å². The zero-order valence-electron chi connectivity index (χ0n) is 9.40. The van der Waals surface area contributed by atoms with Gasteiger partial charge in [0.15, 0.2) is 0 Å². The van der Waals surface area contributed by atoms with Gasteiger partial charge in [0, 0.05) is 13.5 Å². The number of carbonyl (C=O) groups is 1. The van der Waals surface area contributed by atoms with Gasteiger partial charge in [-0.2, -0.15) is 0 Å². The minimum absolute atomic E-state index is 0.0664. The molecule has 1 aliphatic heterocycles. The third-order valence-electron chi connectivity index (χ3n) is 2.83. The van der Waals surface area contributed by atoms with Crippen LogP contribution in [0.3, 0.4) is 0 Å². The number of hydrogen-bond acceptors (Lipinski definition) is 3. The molecule has 1 aromatic heterocycles. The molecule has 0 saturated carbocycles.